The van der Waals surface area contributed by atoms with Crippen LogP contribution in [0.15, 0.2) is 53.0 Å². The summed E-state index contributed by atoms with van der Waals surface area (Å²) in [5.74, 6) is -0.288. The van der Waals surface area contributed by atoms with Gasteiger partial charge in [-0.15, -0.1) is 0 Å². The molecule has 1 aliphatic rings. The lowest BCUT2D eigenvalue weighted by molar-refractivity contribution is 0.0950. The molecule has 3 N–H and O–H groups in total. The molecule has 1 heterocycles. The lowest BCUT2D eigenvalue weighted by Gasteiger charge is -2.06. The van der Waals surface area contributed by atoms with Gasteiger partial charge in [-0.25, -0.2) is 0 Å². The Morgan fingerprint density at radius 1 is 1.00 bits per heavy atom. The highest BCUT2D eigenvalue weighted by molar-refractivity contribution is 9.10. The number of benzene rings is 2. The quantitative estimate of drug-likeness (QED) is 0.620. The molecule has 0 unspecified atom stereocenters. The zero-order valence-corrected chi connectivity index (χ0v) is 14.9. The summed E-state index contributed by atoms with van der Waals surface area (Å²) in [5.41, 5.74) is 2.64. The van der Waals surface area contributed by atoms with Crippen LogP contribution >= 0.6 is 15.9 Å². The molecular formula is C19H16BrN3O2. The van der Waals surface area contributed by atoms with Gasteiger partial charge in [0, 0.05) is 32.7 Å². The van der Waals surface area contributed by atoms with Crippen molar-refractivity contribution >= 4 is 44.3 Å². The van der Waals surface area contributed by atoms with Crippen LogP contribution in [0.1, 0.15) is 33.7 Å². The smallest absolute Gasteiger partial charge is 0.272 e. The molecule has 4 rings (SSSR count). The SMILES string of the molecule is O=C(NC1CC1)c1ccc(NC(=O)c2cc3cc(Br)ccc3[nH]2)cc1. The van der Waals surface area contributed by atoms with Crippen LogP contribution in [0.4, 0.5) is 5.69 Å². The van der Waals surface area contributed by atoms with E-state index in [0.29, 0.717) is 23.0 Å². The Morgan fingerprint density at radius 2 is 1.76 bits per heavy atom. The molecular weight excluding hydrogens is 382 g/mol. The summed E-state index contributed by atoms with van der Waals surface area (Å²) in [5, 5.41) is 6.74. The summed E-state index contributed by atoms with van der Waals surface area (Å²) in [4.78, 5) is 27.5. The average molecular weight is 398 g/mol. The predicted octanol–water partition coefficient (Wildman–Crippen LogP) is 4.07. The van der Waals surface area contributed by atoms with Crippen molar-refractivity contribution in [2.24, 2.45) is 0 Å². The lowest BCUT2D eigenvalue weighted by Crippen LogP contribution is -2.25. The molecule has 1 saturated carbocycles. The number of carbonyl (C=O) groups is 2. The Morgan fingerprint density at radius 3 is 2.48 bits per heavy atom. The Hall–Kier alpha value is -2.60. The summed E-state index contributed by atoms with van der Waals surface area (Å²) in [7, 11) is 0. The number of fused-ring (bicyclic) bond motifs is 1. The second kappa shape index (κ2) is 6.37. The standard InChI is InChI=1S/C19H16BrN3O2/c20-13-3-8-16-12(9-13)10-17(23-16)19(25)22-14-4-1-11(2-5-14)18(24)21-15-6-7-15/h1-5,8-10,15,23H,6-7H2,(H,21,24)(H,22,25). The number of amides is 2. The molecule has 1 aromatic heterocycles. The largest absolute Gasteiger partial charge is 0.351 e. The molecule has 1 fully saturated rings. The van der Waals surface area contributed by atoms with Crippen LogP contribution < -0.4 is 10.6 Å². The van der Waals surface area contributed by atoms with Crippen LogP contribution in [0.5, 0.6) is 0 Å². The molecule has 2 amide bonds. The van der Waals surface area contributed by atoms with Crippen molar-refractivity contribution in [2.75, 3.05) is 5.32 Å². The summed E-state index contributed by atoms with van der Waals surface area (Å²) < 4.78 is 0.964. The first-order valence-electron chi connectivity index (χ1n) is 8.09. The van der Waals surface area contributed by atoms with Crippen molar-refractivity contribution in [2.45, 2.75) is 18.9 Å². The van der Waals surface area contributed by atoms with Crippen molar-refractivity contribution in [1.29, 1.82) is 0 Å². The molecule has 126 valence electrons. The summed E-state index contributed by atoms with van der Waals surface area (Å²) in [6.07, 6.45) is 2.11. The van der Waals surface area contributed by atoms with Gasteiger partial charge in [0.05, 0.1) is 0 Å². The highest BCUT2D eigenvalue weighted by atomic mass is 79.9. The van der Waals surface area contributed by atoms with E-state index in [0.717, 1.165) is 28.2 Å². The van der Waals surface area contributed by atoms with Gasteiger partial charge in [-0.3, -0.25) is 9.59 Å². The number of carbonyl (C=O) groups excluding carboxylic acids is 2. The van der Waals surface area contributed by atoms with Gasteiger partial charge in [-0.05, 0) is 61.4 Å². The maximum absolute atomic E-state index is 12.4. The zero-order chi connectivity index (χ0) is 17.4. The van der Waals surface area contributed by atoms with Crippen LogP contribution in [0.2, 0.25) is 0 Å². The van der Waals surface area contributed by atoms with E-state index >= 15 is 0 Å². The zero-order valence-electron chi connectivity index (χ0n) is 13.3. The van der Waals surface area contributed by atoms with Gasteiger partial charge in [0.1, 0.15) is 5.69 Å². The average Bonchev–Trinajstić information content (AvgIpc) is 3.31. The van der Waals surface area contributed by atoms with E-state index in [4.69, 9.17) is 0 Å². The van der Waals surface area contributed by atoms with Crippen LogP contribution in [0.3, 0.4) is 0 Å². The van der Waals surface area contributed by atoms with Crippen molar-refractivity contribution in [3.63, 3.8) is 0 Å². The second-order valence-corrected chi connectivity index (χ2v) is 7.11. The van der Waals surface area contributed by atoms with Crippen molar-refractivity contribution in [3.8, 4) is 0 Å². The highest BCUT2D eigenvalue weighted by Crippen LogP contribution is 2.22. The van der Waals surface area contributed by atoms with E-state index in [-0.39, 0.29) is 11.8 Å². The Balaban J connectivity index is 1.46. The minimum absolute atomic E-state index is 0.0680. The second-order valence-electron chi connectivity index (χ2n) is 6.19. The summed E-state index contributed by atoms with van der Waals surface area (Å²) in [6.45, 7) is 0. The molecule has 25 heavy (non-hydrogen) atoms. The summed E-state index contributed by atoms with van der Waals surface area (Å²) in [6, 6.07) is 14.8. The van der Waals surface area contributed by atoms with Gasteiger partial charge in [-0.1, -0.05) is 15.9 Å². The molecule has 0 saturated heterocycles. The van der Waals surface area contributed by atoms with Crippen molar-refractivity contribution < 1.29 is 9.59 Å². The van der Waals surface area contributed by atoms with E-state index in [1.807, 2.05) is 24.3 Å². The van der Waals surface area contributed by atoms with Crippen LogP contribution in [-0.2, 0) is 0 Å². The lowest BCUT2D eigenvalue weighted by atomic mass is 10.2. The normalized spacial score (nSPS) is 13.6. The third-order valence-electron chi connectivity index (χ3n) is 4.14. The molecule has 0 bridgehead atoms. The van der Waals surface area contributed by atoms with Gasteiger partial charge in [0.25, 0.3) is 11.8 Å². The van der Waals surface area contributed by atoms with E-state index < -0.39 is 0 Å². The predicted molar refractivity (Wildman–Crippen MR) is 101 cm³/mol. The number of hydrogen-bond acceptors (Lipinski definition) is 2. The number of hydrogen-bond donors (Lipinski definition) is 3. The topological polar surface area (TPSA) is 74.0 Å². The fourth-order valence-corrected chi connectivity index (χ4v) is 3.00. The Bertz CT molecular complexity index is 958. The maximum Gasteiger partial charge on any atom is 0.272 e. The number of aromatic nitrogens is 1. The van der Waals surface area contributed by atoms with E-state index in [1.54, 1.807) is 24.3 Å². The number of nitrogens with one attached hydrogen (secondary N) is 3. The molecule has 3 aromatic rings. The molecule has 0 atom stereocenters. The third-order valence-corrected chi connectivity index (χ3v) is 4.64. The van der Waals surface area contributed by atoms with Crippen molar-refractivity contribution in [3.05, 3.63) is 64.3 Å². The van der Waals surface area contributed by atoms with Gasteiger partial charge in [0.15, 0.2) is 0 Å². The van der Waals surface area contributed by atoms with E-state index in [2.05, 4.69) is 31.5 Å². The molecule has 0 spiro atoms. The number of aromatic amines is 1. The van der Waals surface area contributed by atoms with E-state index in [9.17, 15) is 9.59 Å². The molecule has 5 nitrogen and oxygen atoms in total. The minimum Gasteiger partial charge on any atom is -0.351 e. The van der Waals surface area contributed by atoms with Gasteiger partial charge in [-0.2, -0.15) is 0 Å². The molecule has 6 heteroatoms. The molecule has 1 aliphatic carbocycles. The van der Waals surface area contributed by atoms with Crippen LogP contribution in [0.25, 0.3) is 10.9 Å². The molecule has 0 aliphatic heterocycles. The number of anilines is 1. The van der Waals surface area contributed by atoms with Gasteiger partial charge in [0.2, 0.25) is 0 Å². The van der Waals surface area contributed by atoms with Gasteiger partial charge < -0.3 is 15.6 Å². The summed E-state index contributed by atoms with van der Waals surface area (Å²) >= 11 is 3.42. The minimum atomic E-state index is -0.220. The first kappa shape index (κ1) is 15.9. The Labute approximate surface area is 152 Å². The Kier molecular flexibility index (Phi) is 4.05. The highest BCUT2D eigenvalue weighted by Gasteiger charge is 2.23. The number of H-pyrrole nitrogens is 1. The third kappa shape index (κ3) is 3.58. The fraction of sp³-hybridized carbons (Fsp3) is 0.158. The van der Waals surface area contributed by atoms with Crippen molar-refractivity contribution in [1.82, 2.24) is 10.3 Å². The first-order valence-corrected chi connectivity index (χ1v) is 8.88. The molecule has 2 aromatic carbocycles. The monoisotopic (exact) mass is 397 g/mol. The van der Waals surface area contributed by atoms with E-state index in [1.165, 1.54) is 0 Å². The molecule has 0 radical (unpaired) electrons. The first-order chi connectivity index (χ1) is 12.1. The fourth-order valence-electron chi connectivity index (χ4n) is 2.63. The van der Waals surface area contributed by atoms with Crippen LogP contribution in [0, 0.1) is 0 Å². The maximum atomic E-state index is 12.4. The van der Waals surface area contributed by atoms with Crippen LogP contribution in [-0.4, -0.2) is 22.8 Å². The van der Waals surface area contributed by atoms with Gasteiger partial charge >= 0.3 is 0 Å². The number of rotatable bonds is 4. The number of halogens is 1.